The number of hydrogen-bond donors (Lipinski definition) is 0. The van der Waals surface area contributed by atoms with E-state index in [1.807, 2.05) is 0 Å². The maximum atomic E-state index is 12.7. The topological polar surface area (TPSA) is 25.8 Å². The van der Waals surface area contributed by atoms with Crippen molar-refractivity contribution in [3.05, 3.63) is 41.7 Å². The summed E-state index contributed by atoms with van der Waals surface area (Å²) in [6, 6.07) is 6.55. The maximum Gasteiger partial charge on any atom is 0.451 e. The van der Waals surface area contributed by atoms with E-state index in [4.69, 9.17) is 11.6 Å². The van der Waals surface area contributed by atoms with Crippen LogP contribution in [0, 0.1) is 0 Å². The van der Waals surface area contributed by atoms with Crippen LogP contribution in [0.5, 0.6) is 0 Å². The zero-order valence-corrected chi connectivity index (χ0v) is 11.1. The molecule has 0 spiro atoms. The molecule has 0 unspecified atom stereocenters. The molecule has 0 aliphatic rings. The average Bonchev–Trinajstić information content (AvgIpc) is 2.34. The molecular formula is C12H8ClF3N2S. The highest BCUT2D eigenvalue weighted by Gasteiger charge is 2.35. The fourth-order valence-electron chi connectivity index (χ4n) is 1.43. The first kappa shape index (κ1) is 14.1. The van der Waals surface area contributed by atoms with Crippen molar-refractivity contribution < 1.29 is 13.2 Å². The minimum atomic E-state index is -4.57. The van der Waals surface area contributed by atoms with Gasteiger partial charge in [0.2, 0.25) is 5.82 Å². The van der Waals surface area contributed by atoms with Gasteiger partial charge >= 0.3 is 6.18 Å². The van der Waals surface area contributed by atoms with Crippen molar-refractivity contribution in [3.63, 3.8) is 0 Å². The van der Waals surface area contributed by atoms with Crippen molar-refractivity contribution in [2.24, 2.45) is 0 Å². The molecule has 0 atom stereocenters. The van der Waals surface area contributed by atoms with Gasteiger partial charge in [0.05, 0.1) is 5.52 Å². The van der Waals surface area contributed by atoms with E-state index in [0.29, 0.717) is 16.2 Å². The number of para-hydroxylation sites is 1. The van der Waals surface area contributed by atoms with Crippen molar-refractivity contribution in [3.8, 4) is 0 Å². The molecule has 0 saturated carbocycles. The monoisotopic (exact) mass is 304 g/mol. The summed E-state index contributed by atoms with van der Waals surface area (Å²) in [5.74, 6) is -0.853. The highest BCUT2D eigenvalue weighted by atomic mass is 35.5. The molecule has 2 aromatic rings. The predicted octanol–water partition coefficient (Wildman–Crippen LogP) is 4.49. The Morgan fingerprint density at radius 3 is 2.58 bits per heavy atom. The van der Waals surface area contributed by atoms with Gasteiger partial charge in [-0.2, -0.15) is 13.2 Å². The normalized spacial score (nSPS) is 11.8. The van der Waals surface area contributed by atoms with E-state index >= 15 is 0 Å². The first-order valence-corrected chi connectivity index (χ1v) is 6.54. The second kappa shape index (κ2) is 5.38. The molecule has 2 nitrogen and oxygen atoms in total. The molecule has 0 bridgehead atoms. The minimum Gasteiger partial charge on any atom is -0.224 e. The number of benzene rings is 1. The summed E-state index contributed by atoms with van der Waals surface area (Å²) in [4.78, 5) is 7.10. The number of nitrogens with zero attached hydrogens (tertiary/aromatic N) is 2. The Morgan fingerprint density at radius 1 is 1.26 bits per heavy atom. The summed E-state index contributed by atoms with van der Waals surface area (Å²) in [6.45, 7) is 3.50. The van der Waals surface area contributed by atoms with Gasteiger partial charge in [-0.25, -0.2) is 9.97 Å². The molecule has 0 amide bonds. The van der Waals surface area contributed by atoms with E-state index in [2.05, 4.69) is 16.5 Å². The zero-order valence-electron chi connectivity index (χ0n) is 9.54. The molecule has 0 radical (unpaired) electrons. The fourth-order valence-corrected chi connectivity index (χ4v) is 2.37. The van der Waals surface area contributed by atoms with Crippen LogP contribution < -0.4 is 0 Å². The van der Waals surface area contributed by atoms with E-state index in [1.54, 1.807) is 18.2 Å². The number of halogens is 4. The lowest BCUT2D eigenvalue weighted by Gasteiger charge is -2.09. The molecule has 7 heteroatoms. The Labute approximate surface area is 116 Å². The second-order valence-corrected chi connectivity index (χ2v) is 5.17. The number of rotatable bonds is 3. The van der Waals surface area contributed by atoms with Gasteiger partial charge in [0.25, 0.3) is 0 Å². The smallest absolute Gasteiger partial charge is 0.224 e. The largest absolute Gasteiger partial charge is 0.451 e. The highest BCUT2D eigenvalue weighted by molar-refractivity contribution is 7.99. The third-order valence-corrected chi connectivity index (χ3v) is 3.56. The number of fused-ring (bicyclic) bond motifs is 1. The molecule has 100 valence electrons. The summed E-state index contributed by atoms with van der Waals surface area (Å²) < 4.78 is 38.2. The van der Waals surface area contributed by atoms with Crippen LogP contribution in [0.1, 0.15) is 5.82 Å². The molecule has 1 aromatic heterocycles. The van der Waals surface area contributed by atoms with Crippen LogP contribution in [0.3, 0.4) is 0 Å². The molecule has 0 aliphatic carbocycles. The molecule has 19 heavy (non-hydrogen) atoms. The van der Waals surface area contributed by atoms with Crippen LogP contribution in [-0.2, 0) is 6.18 Å². The van der Waals surface area contributed by atoms with Gasteiger partial charge in [-0.1, -0.05) is 48.1 Å². The van der Waals surface area contributed by atoms with E-state index in [0.717, 1.165) is 11.8 Å². The zero-order chi connectivity index (χ0) is 14.0. The second-order valence-electron chi connectivity index (χ2n) is 3.67. The lowest BCUT2D eigenvalue weighted by Crippen LogP contribution is -2.11. The van der Waals surface area contributed by atoms with Gasteiger partial charge in [0, 0.05) is 16.2 Å². The highest BCUT2D eigenvalue weighted by Crippen LogP contribution is 2.32. The predicted molar refractivity (Wildman–Crippen MR) is 70.3 cm³/mol. The van der Waals surface area contributed by atoms with Crippen LogP contribution in [0.2, 0.25) is 0 Å². The Kier molecular flexibility index (Phi) is 4.01. The molecule has 1 aromatic carbocycles. The average molecular weight is 305 g/mol. The summed E-state index contributed by atoms with van der Waals surface area (Å²) >= 11 is 6.73. The lowest BCUT2D eigenvalue weighted by atomic mass is 10.2. The van der Waals surface area contributed by atoms with Gasteiger partial charge < -0.3 is 0 Å². The van der Waals surface area contributed by atoms with Crippen molar-refractivity contribution in [2.45, 2.75) is 11.2 Å². The van der Waals surface area contributed by atoms with Gasteiger partial charge in [-0.05, 0) is 6.07 Å². The lowest BCUT2D eigenvalue weighted by molar-refractivity contribution is -0.145. The van der Waals surface area contributed by atoms with Gasteiger partial charge in [0.1, 0.15) is 5.03 Å². The molecule has 0 saturated heterocycles. The van der Waals surface area contributed by atoms with E-state index in [1.165, 1.54) is 6.07 Å². The Hall–Kier alpha value is -1.27. The number of thioether (sulfide) groups is 1. The number of alkyl halides is 3. The maximum absolute atomic E-state index is 12.7. The molecule has 0 N–H and O–H groups in total. The summed E-state index contributed by atoms with van der Waals surface area (Å²) in [7, 11) is 0. The molecular weight excluding hydrogens is 297 g/mol. The van der Waals surface area contributed by atoms with Crippen LogP contribution >= 0.6 is 23.4 Å². The molecule has 0 fully saturated rings. The number of aromatic nitrogens is 2. The van der Waals surface area contributed by atoms with Crippen molar-refractivity contribution in [1.82, 2.24) is 9.97 Å². The van der Waals surface area contributed by atoms with Crippen LogP contribution in [0.4, 0.5) is 13.2 Å². The quantitative estimate of drug-likeness (QED) is 0.617. The summed E-state index contributed by atoms with van der Waals surface area (Å²) in [6.07, 6.45) is -4.57. The van der Waals surface area contributed by atoms with E-state index in [9.17, 15) is 13.2 Å². The van der Waals surface area contributed by atoms with Gasteiger partial charge in [-0.3, -0.25) is 0 Å². The fraction of sp³-hybridized carbons (Fsp3) is 0.167. The first-order chi connectivity index (χ1) is 8.88. The standard InChI is InChI=1S/C12H8ClF3N2S/c1-7(13)6-19-10-8-4-2-3-5-9(8)17-11(18-10)12(14,15)16/h2-5H,1,6H2. The summed E-state index contributed by atoms with van der Waals surface area (Å²) in [5, 5.41) is 1.17. The van der Waals surface area contributed by atoms with Crippen LogP contribution in [0.25, 0.3) is 10.9 Å². The van der Waals surface area contributed by atoms with Gasteiger partial charge in [-0.15, -0.1) is 0 Å². The van der Waals surface area contributed by atoms with E-state index in [-0.39, 0.29) is 10.5 Å². The SMILES string of the molecule is C=C(Cl)CSc1nc(C(F)(F)F)nc2ccccc12. The Bertz CT molecular complexity index is 628. The third-order valence-electron chi connectivity index (χ3n) is 2.19. The van der Waals surface area contributed by atoms with Crippen molar-refractivity contribution >= 4 is 34.3 Å². The molecule has 1 heterocycles. The third kappa shape index (κ3) is 3.39. The van der Waals surface area contributed by atoms with E-state index < -0.39 is 12.0 Å². The molecule has 0 aliphatic heterocycles. The van der Waals surface area contributed by atoms with Crippen LogP contribution in [-0.4, -0.2) is 15.7 Å². The summed E-state index contributed by atoms with van der Waals surface area (Å²) in [5.41, 5.74) is 0.257. The van der Waals surface area contributed by atoms with Crippen molar-refractivity contribution in [1.29, 1.82) is 0 Å². The number of hydrogen-bond acceptors (Lipinski definition) is 3. The molecule has 2 rings (SSSR count). The minimum absolute atomic E-state index is 0.250. The van der Waals surface area contributed by atoms with Crippen LogP contribution in [0.15, 0.2) is 40.9 Å². The Balaban J connectivity index is 2.55. The van der Waals surface area contributed by atoms with Crippen molar-refractivity contribution in [2.75, 3.05) is 5.75 Å². The first-order valence-electron chi connectivity index (χ1n) is 5.18. The Morgan fingerprint density at radius 2 is 1.95 bits per heavy atom. The van der Waals surface area contributed by atoms with Gasteiger partial charge in [0.15, 0.2) is 0 Å².